The van der Waals surface area contributed by atoms with Crippen LogP contribution in [0, 0.1) is 0 Å². The van der Waals surface area contributed by atoms with E-state index in [1.807, 2.05) is 48.7 Å². The molecule has 3 heterocycles. The third kappa shape index (κ3) is 3.63. The second kappa shape index (κ2) is 7.74. The number of amides is 1. The predicted octanol–water partition coefficient (Wildman–Crippen LogP) is 4.65. The highest BCUT2D eigenvalue weighted by Gasteiger charge is 2.21. The van der Waals surface area contributed by atoms with Gasteiger partial charge in [-0.2, -0.15) is 0 Å². The number of anilines is 2. The average molecular weight is 360 g/mol. The summed E-state index contributed by atoms with van der Waals surface area (Å²) >= 11 is 0. The van der Waals surface area contributed by atoms with Crippen LogP contribution < -0.4 is 10.2 Å². The number of hydrogen-bond acceptors (Lipinski definition) is 4. The molecule has 5 heteroatoms. The summed E-state index contributed by atoms with van der Waals surface area (Å²) in [4.78, 5) is 23.9. The van der Waals surface area contributed by atoms with E-state index in [4.69, 9.17) is 0 Å². The Kier molecular flexibility index (Phi) is 5.01. The Bertz CT molecular complexity index is 933. The molecule has 0 aliphatic carbocycles. The van der Waals surface area contributed by atoms with Crippen LogP contribution in [-0.2, 0) is 0 Å². The van der Waals surface area contributed by atoms with Gasteiger partial charge in [0.2, 0.25) is 0 Å². The lowest BCUT2D eigenvalue weighted by Gasteiger charge is -2.37. The number of aromatic nitrogens is 2. The molecule has 1 fully saturated rings. The zero-order chi connectivity index (χ0) is 18.6. The fourth-order valence-corrected chi connectivity index (χ4v) is 3.85. The number of para-hydroxylation sites is 1. The molecule has 0 radical (unpaired) electrons. The molecule has 0 saturated carbocycles. The Hall–Kier alpha value is -2.95. The molecule has 1 aliphatic heterocycles. The number of benzene rings is 1. The van der Waals surface area contributed by atoms with Crippen molar-refractivity contribution in [3.8, 4) is 0 Å². The molecular weight excluding hydrogens is 336 g/mol. The highest BCUT2D eigenvalue weighted by atomic mass is 16.1. The summed E-state index contributed by atoms with van der Waals surface area (Å²) in [6.07, 6.45) is 8.43. The molecule has 27 heavy (non-hydrogen) atoms. The van der Waals surface area contributed by atoms with Gasteiger partial charge in [0.15, 0.2) is 0 Å². The Labute approximate surface area is 159 Å². The largest absolute Gasteiger partial charge is 0.367 e. The van der Waals surface area contributed by atoms with E-state index in [0.717, 1.165) is 29.6 Å². The molecule has 1 N–H and O–H groups in total. The van der Waals surface area contributed by atoms with Gasteiger partial charge in [0.1, 0.15) is 5.69 Å². The molecule has 4 rings (SSSR count). The number of hydrogen-bond donors (Lipinski definition) is 1. The van der Waals surface area contributed by atoms with Gasteiger partial charge in [0.25, 0.3) is 5.91 Å². The zero-order valence-corrected chi connectivity index (χ0v) is 15.6. The molecule has 2 aromatic heterocycles. The first kappa shape index (κ1) is 17.5. The molecule has 5 nitrogen and oxygen atoms in total. The van der Waals surface area contributed by atoms with Gasteiger partial charge in [0, 0.05) is 24.2 Å². The summed E-state index contributed by atoms with van der Waals surface area (Å²) in [5.74, 6) is -0.217. The Morgan fingerprint density at radius 2 is 2.04 bits per heavy atom. The smallest absolute Gasteiger partial charge is 0.274 e. The number of nitrogens with one attached hydrogen (secondary N) is 1. The monoisotopic (exact) mass is 360 g/mol. The Morgan fingerprint density at radius 3 is 2.85 bits per heavy atom. The highest BCUT2D eigenvalue weighted by molar-refractivity contribution is 6.07. The van der Waals surface area contributed by atoms with Gasteiger partial charge in [0.05, 0.1) is 23.1 Å². The van der Waals surface area contributed by atoms with Crippen LogP contribution >= 0.6 is 0 Å². The van der Waals surface area contributed by atoms with Crippen molar-refractivity contribution in [2.45, 2.75) is 38.6 Å². The van der Waals surface area contributed by atoms with E-state index in [2.05, 4.69) is 27.1 Å². The van der Waals surface area contributed by atoms with Crippen molar-refractivity contribution >= 4 is 28.2 Å². The van der Waals surface area contributed by atoms with Crippen LogP contribution in [0.2, 0.25) is 0 Å². The molecule has 1 atom stereocenters. The van der Waals surface area contributed by atoms with Gasteiger partial charge in [-0.3, -0.25) is 9.78 Å². The van der Waals surface area contributed by atoms with E-state index < -0.39 is 0 Å². The van der Waals surface area contributed by atoms with Crippen molar-refractivity contribution in [1.29, 1.82) is 0 Å². The quantitative estimate of drug-likeness (QED) is 0.736. The lowest BCUT2D eigenvalue weighted by molar-refractivity contribution is 0.102. The normalized spacial score (nSPS) is 17.1. The number of rotatable bonds is 4. The van der Waals surface area contributed by atoms with Crippen molar-refractivity contribution < 1.29 is 4.79 Å². The van der Waals surface area contributed by atoms with E-state index in [1.54, 1.807) is 6.20 Å². The lowest BCUT2D eigenvalue weighted by atomic mass is 9.99. The number of pyridine rings is 2. The molecule has 1 aliphatic rings. The zero-order valence-electron chi connectivity index (χ0n) is 15.6. The molecular formula is C22H24N4O. The predicted molar refractivity (Wildman–Crippen MR) is 109 cm³/mol. The average Bonchev–Trinajstić information content (AvgIpc) is 2.74. The van der Waals surface area contributed by atoms with E-state index in [1.165, 1.54) is 19.3 Å². The standard InChI is InChI=1S/C22H24N4O/c1-2-17-9-3-4-14-26(17)18-11-12-20(24-15-18)22(27)25-19-10-5-7-16-8-6-13-23-21(16)19/h5-8,10-13,15,17H,2-4,9,14H2,1H3,(H,25,27). The third-order valence-corrected chi connectivity index (χ3v) is 5.29. The topological polar surface area (TPSA) is 58.1 Å². The van der Waals surface area contributed by atoms with Gasteiger partial charge in [-0.05, 0) is 49.9 Å². The Balaban J connectivity index is 1.52. The maximum absolute atomic E-state index is 12.7. The van der Waals surface area contributed by atoms with Crippen molar-refractivity contribution in [2.75, 3.05) is 16.8 Å². The van der Waals surface area contributed by atoms with Gasteiger partial charge in [-0.25, -0.2) is 4.98 Å². The summed E-state index contributed by atoms with van der Waals surface area (Å²) in [7, 11) is 0. The minimum Gasteiger partial charge on any atom is -0.367 e. The van der Waals surface area contributed by atoms with E-state index >= 15 is 0 Å². The molecule has 1 saturated heterocycles. The van der Waals surface area contributed by atoms with Gasteiger partial charge < -0.3 is 10.2 Å². The second-order valence-corrected chi connectivity index (χ2v) is 6.99. The second-order valence-electron chi connectivity index (χ2n) is 6.99. The molecule has 3 aromatic rings. The fraction of sp³-hybridized carbons (Fsp3) is 0.318. The summed E-state index contributed by atoms with van der Waals surface area (Å²) < 4.78 is 0. The molecule has 0 spiro atoms. The maximum Gasteiger partial charge on any atom is 0.274 e. The molecule has 138 valence electrons. The van der Waals surface area contributed by atoms with E-state index in [-0.39, 0.29) is 5.91 Å². The van der Waals surface area contributed by atoms with Crippen molar-refractivity contribution in [3.05, 3.63) is 60.6 Å². The Morgan fingerprint density at radius 1 is 1.15 bits per heavy atom. The van der Waals surface area contributed by atoms with E-state index in [9.17, 15) is 4.79 Å². The first-order chi connectivity index (χ1) is 13.3. The van der Waals surface area contributed by atoms with Crippen LogP contribution in [0.15, 0.2) is 54.9 Å². The third-order valence-electron chi connectivity index (χ3n) is 5.29. The summed E-state index contributed by atoms with van der Waals surface area (Å²) in [6, 6.07) is 14.0. The SMILES string of the molecule is CCC1CCCCN1c1ccc(C(=O)Nc2cccc3cccnc23)nc1. The number of carbonyl (C=O) groups is 1. The van der Waals surface area contributed by atoms with Crippen molar-refractivity contribution in [3.63, 3.8) is 0 Å². The molecule has 1 unspecified atom stereocenters. The van der Waals surface area contributed by atoms with Crippen LogP contribution in [0.3, 0.4) is 0 Å². The van der Waals surface area contributed by atoms with Crippen LogP contribution in [0.1, 0.15) is 43.1 Å². The van der Waals surface area contributed by atoms with Gasteiger partial charge >= 0.3 is 0 Å². The van der Waals surface area contributed by atoms with Crippen LogP contribution in [-0.4, -0.2) is 28.5 Å². The van der Waals surface area contributed by atoms with Crippen molar-refractivity contribution in [1.82, 2.24) is 9.97 Å². The maximum atomic E-state index is 12.7. The number of piperidine rings is 1. The first-order valence-electron chi connectivity index (χ1n) is 9.64. The number of nitrogens with zero attached hydrogens (tertiary/aromatic N) is 3. The molecule has 1 aromatic carbocycles. The van der Waals surface area contributed by atoms with Crippen molar-refractivity contribution in [2.24, 2.45) is 0 Å². The highest BCUT2D eigenvalue weighted by Crippen LogP contribution is 2.26. The number of carbonyl (C=O) groups excluding carboxylic acids is 1. The summed E-state index contributed by atoms with van der Waals surface area (Å²) in [5.41, 5.74) is 3.00. The minimum absolute atomic E-state index is 0.217. The van der Waals surface area contributed by atoms with Gasteiger partial charge in [-0.1, -0.05) is 25.1 Å². The van der Waals surface area contributed by atoms with Gasteiger partial charge in [-0.15, -0.1) is 0 Å². The van der Waals surface area contributed by atoms with Crippen LogP contribution in [0.4, 0.5) is 11.4 Å². The summed E-state index contributed by atoms with van der Waals surface area (Å²) in [6.45, 7) is 3.30. The minimum atomic E-state index is -0.217. The first-order valence-corrected chi connectivity index (χ1v) is 9.64. The summed E-state index contributed by atoms with van der Waals surface area (Å²) in [5, 5.41) is 3.94. The fourth-order valence-electron chi connectivity index (χ4n) is 3.85. The molecule has 1 amide bonds. The number of fused-ring (bicyclic) bond motifs is 1. The van der Waals surface area contributed by atoms with E-state index in [0.29, 0.717) is 17.4 Å². The lowest BCUT2D eigenvalue weighted by Crippen LogP contribution is -2.39. The van der Waals surface area contributed by atoms with Crippen LogP contribution in [0.25, 0.3) is 10.9 Å². The molecule has 0 bridgehead atoms. The van der Waals surface area contributed by atoms with Crippen LogP contribution in [0.5, 0.6) is 0 Å².